The molecule has 2 N–H and O–H groups in total. The molecular formula is C10H10BrClN2O. The van der Waals surface area contributed by atoms with Gasteiger partial charge < -0.3 is 10.6 Å². The Morgan fingerprint density at radius 1 is 1.60 bits per heavy atom. The average molecular weight is 290 g/mol. The van der Waals surface area contributed by atoms with Gasteiger partial charge in [-0.25, -0.2) is 4.79 Å². The zero-order chi connectivity index (χ0) is 11.3. The predicted molar refractivity (Wildman–Crippen MR) is 66.4 cm³/mol. The predicted octanol–water partition coefficient (Wildman–Crippen LogP) is 3.41. The zero-order valence-corrected chi connectivity index (χ0v) is 10.2. The fraction of sp³-hybridized carbons (Fsp3) is 0.100. The molecule has 1 rings (SSSR count). The number of amides is 2. The number of halogens is 2. The first-order chi connectivity index (χ1) is 7.13. The van der Waals surface area contributed by atoms with E-state index < -0.39 is 0 Å². The third kappa shape index (κ3) is 3.93. The number of hydrogen-bond donors (Lipinski definition) is 2. The van der Waals surface area contributed by atoms with Gasteiger partial charge in [0.25, 0.3) is 0 Å². The van der Waals surface area contributed by atoms with Crippen LogP contribution in [0.3, 0.4) is 0 Å². The van der Waals surface area contributed by atoms with Crippen molar-refractivity contribution in [3.05, 3.63) is 40.3 Å². The maximum absolute atomic E-state index is 11.3. The molecule has 0 aliphatic rings. The normalized spacial score (nSPS) is 9.47. The van der Waals surface area contributed by atoms with Crippen molar-refractivity contribution >= 4 is 39.2 Å². The van der Waals surface area contributed by atoms with Gasteiger partial charge in [-0.3, -0.25) is 0 Å². The maximum Gasteiger partial charge on any atom is 0.319 e. The van der Waals surface area contributed by atoms with Crippen LogP contribution in [0.1, 0.15) is 0 Å². The Bertz CT molecular complexity index is 382. The molecule has 5 heteroatoms. The van der Waals surface area contributed by atoms with Crippen molar-refractivity contribution in [2.24, 2.45) is 0 Å². The minimum absolute atomic E-state index is 0.294. The van der Waals surface area contributed by atoms with Crippen LogP contribution in [-0.4, -0.2) is 12.6 Å². The highest BCUT2D eigenvalue weighted by Crippen LogP contribution is 2.25. The molecule has 1 aromatic rings. The minimum Gasteiger partial charge on any atom is -0.334 e. The topological polar surface area (TPSA) is 41.1 Å². The van der Waals surface area contributed by atoms with Crippen molar-refractivity contribution in [1.29, 1.82) is 0 Å². The van der Waals surface area contributed by atoms with Crippen LogP contribution in [0.2, 0.25) is 5.02 Å². The van der Waals surface area contributed by atoms with Gasteiger partial charge in [-0.05, 0) is 34.1 Å². The quantitative estimate of drug-likeness (QED) is 0.823. The SMILES string of the molecule is C=CCNC(=O)Nc1cc(Cl)ccc1Br. The minimum atomic E-state index is -0.294. The first kappa shape index (κ1) is 12.1. The van der Waals surface area contributed by atoms with E-state index in [-0.39, 0.29) is 6.03 Å². The van der Waals surface area contributed by atoms with Crippen molar-refractivity contribution in [1.82, 2.24) is 5.32 Å². The molecule has 15 heavy (non-hydrogen) atoms. The van der Waals surface area contributed by atoms with Crippen LogP contribution in [-0.2, 0) is 0 Å². The van der Waals surface area contributed by atoms with E-state index in [0.29, 0.717) is 17.3 Å². The molecule has 0 spiro atoms. The molecule has 0 fully saturated rings. The summed E-state index contributed by atoms with van der Waals surface area (Å²) in [6, 6.07) is 4.88. The summed E-state index contributed by atoms with van der Waals surface area (Å²) >= 11 is 9.10. The second kappa shape index (κ2) is 5.78. The number of carbonyl (C=O) groups is 1. The number of nitrogens with one attached hydrogen (secondary N) is 2. The second-order valence-electron chi connectivity index (χ2n) is 2.75. The molecule has 0 aromatic heterocycles. The highest BCUT2D eigenvalue weighted by atomic mass is 79.9. The molecule has 0 heterocycles. The second-order valence-corrected chi connectivity index (χ2v) is 4.04. The highest BCUT2D eigenvalue weighted by molar-refractivity contribution is 9.10. The first-order valence-electron chi connectivity index (χ1n) is 4.24. The summed E-state index contributed by atoms with van der Waals surface area (Å²) in [5, 5.41) is 5.82. The van der Waals surface area contributed by atoms with Crippen molar-refractivity contribution in [2.75, 3.05) is 11.9 Å². The molecular weight excluding hydrogens is 279 g/mol. The Labute approximate surface area is 102 Å². The van der Waals surface area contributed by atoms with Gasteiger partial charge in [0, 0.05) is 16.0 Å². The van der Waals surface area contributed by atoms with Crippen LogP contribution in [0.4, 0.5) is 10.5 Å². The number of rotatable bonds is 3. The molecule has 1 aromatic carbocycles. The summed E-state index contributed by atoms with van der Waals surface area (Å²) in [6.07, 6.45) is 1.60. The van der Waals surface area contributed by atoms with Crippen molar-refractivity contribution < 1.29 is 4.79 Å². The Hall–Kier alpha value is -1.000. The molecule has 3 nitrogen and oxygen atoms in total. The van der Waals surface area contributed by atoms with Crippen LogP contribution in [0.15, 0.2) is 35.3 Å². The maximum atomic E-state index is 11.3. The van der Waals surface area contributed by atoms with Gasteiger partial charge in [-0.1, -0.05) is 17.7 Å². The third-order valence-corrected chi connectivity index (χ3v) is 2.51. The Kier molecular flexibility index (Phi) is 4.65. The summed E-state index contributed by atoms with van der Waals surface area (Å²) in [6.45, 7) is 3.92. The summed E-state index contributed by atoms with van der Waals surface area (Å²) in [5.41, 5.74) is 0.629. The third-order valence-electron chi connectivity index (χ3n) is 1.58. The van der Waals surface area contributed by atoms with E-state index in [2.05, 4.69) is 33.1 Å². The Balaban J connectivity index is 2.67. The van der Waals surface area contributed by atoms with Crippen LogP contribution >= 0.6 is 27.5 Å². The van der Waals surface area contributed by atoms with Gasteiger partial charge in [0.05, 0.1) is 5.69 Å². The van der Waals surface area contributed by atoms with Gasteiger partial charge in [-0.2, -0.15) is 0 Å². The van der Waals surface area contributed by atoms with Gasteiger partial charge in [0.1, 0.15) is 0 Å². The lowest BCUT2D eigenvalue weighted by molar-refractivity contribution is 0.253. The van der Waals surface area contributed by atoms with Crippen LogP contribution in [0, 0.1) is 0 Å². The lowest BCUT2D eigenvalue weighted by Crippen LogP contribution is -2.28. The summed E-state index contributed by atoms with van der Waals surface area (Å²) < 4.78 is 0.778. The van der Waals surface area contributed by atoms with E-state index in [4.69, 9.17) is 11.6 Å². The number of hydrogen-bond acceptors (Lipinski definition) is 1. The summed E-state index contributed by atoms with van der Waals surface area (Å²) in [7, 11) is 0. The molecule has 0 unspecified atom stereocenters. The lowest BCUT2D eigenvalue weighted by atomic mass is 10.3. The van der Waals surface area contributed by atoms with Crippen molar-refractivity contribution in [3.63, 3.8) is 0 Å². The van der Waals surface area contributed by atoms with Gasteiger partial charge in [0.2, 0.25) is 0 Å². The fourth-order valence-electron chi connectivity index (χ4n) is 0.925. The molecule has 0 aliphatic carbocycles. The summed E-state index contributed by atoms with van der Waals surface area (Å²) in [4.78, 5) is 11.3. The van der Waals surface area contributed by atoms with Crippen LogP contribution in [0.25, 0.3) is 0 Å². The molecule has 0 radical (unpaired) electrons. The van der Waals surface area contributed by atoms with Crippen molar-refractivity contribution in [2.45, 2.75) is 0 Å². The Morgan fingerprint density at radius 3 is 3.00 bits per heavy atom. The molecule has 0 atom stereocenters. The van der Waals surface area contributed by atoms with Gasteiger partial charge in [-0.15, -0.1) is 6.58 Å². The molecule has 0 saturated carbocycles. The standard InChI is InChI=1S/C10H10BrClN2O/c1-2-5-13-10(15)14-9-6-7(12)3-4-8(9)11/h2-4,6H,1,5H2,(H2,13,14,15). The van der Waals surface area contributed by atoms with Gasteiger partial charge >= 0.3 is 6.03 Å². The van der Waals surface area contributed by atoms with E-state index in [9.17, 15) is 4.79 Å². The van der Waals surface area contributed by atoms with E-state index in [0.717, 1.165) is 4.47 Å². The highest BCUT2D eigenvalue weighted by Gasteiger charge is 2.04. The molecule has 0 bridgehead atoms. The van der Waals surface area contributed by atoms with E-state index in [1.807, 2.05) is 0 Å². The van der Waals surface area contributed by atoms with E-state index in [1.54, 1.807) is 24.3 Å². The monoisotopic (exact) mass is 288 g/mol. The fourth-order valence-corrected chi connectivity index (χ4v) is 1.44. The first-order valence-corrected chi connectivity index (χ1v) is 5.41. The molecule has 80 valence electrons. The Morgan fingerprint density at radius 2 is 2.33 bits per heavy atom. The van der Waals surface area contributed by atoms with E-state index in [1.165, 1.54) is 0 Å². The van der Waals surface area contributed by atoms with Gasteiger partial charge in [0.15, 0.2) is 0 Å². The number of carbonyl (C=O) groups excluding carboxylic acids is 1. The van der Waals surface area contributed by atoms with Crippen molar-refractivity contribution in [3.8, 4) is 0 Å². The zero-order valence-electron chi connectivity index (χ0n) is 7.89. The number of anilines is 1. The molecule has 0 saturated heterocycles. The number of urea groups is 1. The van der Waals surface area contributed by atoms with Crippen LogP contribution < -0.4 is 10.6 Å². The molecule has 0 aliphatic heterocycles. The van der Waals surface area contributed by atoms with E-state index >= 15 is 0 Å². The average Bonchev–Trinajstić information content (AvgIpc) is 2.20. The van der Waals surface area contributed by atoms with Crippen LogP contribution in [0.5, 0.6) is 0 Å². The lowest BCUT2D eigenvalue weighted by Gasteiger charge is -2.08. The largest absolute Gasteiger partial charge is 0.334 e. The number of benzene rings is 1. The molecule has 2 amide bonds. The smallest absolute Gasteiger partial charge is 0.319 e. The summed E-state index contributed by atoms with van der Waals surface area (Å²) in [5.74, 6) is 0.